The van der Waals surface area contributed by atoms with Crippen LogP contribution < -0.4 is 15.2 Å². The highest BCUT2D eigenvalue weighted by Gasteiger charge is 2.50. The summed E-state index contributed by atoms with van der Waals surface area (Å²) in [5, 5.41) is 30.7. The lowest BCUT2D eigenvalue weighted by atomic mass is 9.82. The van der Waals surface area contributed by atoms with Crippen molar-refractivity contribution in [3.8, 4) is 46.4 Å². The van der Waals surface area contributed by atoms with Gasteiger partial charge >= 0.3 is 12.4 Å². The zero-order valence-corrected chi connectivity index (χ0v) is 59.8. The molecule has 26 nitrogen and oxygen atoms in total. The van der Waals surface area contributed by atoms with Gasteiger partial charge in [-0.15, -0.1) is 0 Å². The molecular formula is C65H83F6N19O7SSi2. The lowest BCUT2D eigenvalue weighted by molar-refractivity contribution is -0.146. The third-order valence-electron chi connectivity index (χ3n) is 18.8. The second-order valence-electron chi connectivity index (χ2n) is 28.7. The van der Waals surface area contributed by atoms with Gasteiger partial charge in [0.25, 0.3) is 10.1 Å². The standard InChI is InChI=1S/C33H42F3N9O5SSi.C32H41F3N10O2Si/c1-48-51(46,47)18-24-15-28(42-31(41-24)33(34,35)36)50-26-7-5-25(6-8-26)44-19-32(20-44,10-11-37)45-17-23(16-40-45)29-27-9-12-43(30(27)39-21-38-29)22-49-13-14-52(2,3)4;1-48(2,3)13-12-46-21-43-11-8-26-28(38-20-39-29(26)43)22-16-40-45(17-22)31(9-10-36)18-44(19-31)24-4-6-25(7-5-24)47-27-14-23(15-37)41-30(42-27)32(33,34)35/h9,12,15-17,21,25-26H,5-8,10,13-14,18-20,22H2,1-4H3;8,11,14,16-17,20,24-25H,4-7,9,12-13,15,18-19,21,37H2,1-3H3/t25-,26+;24-,25-. The van der Waals surface area contributed by atoms with E-state index in [4.69, 9.17) is 34.9 Å². The van der Waals surface area contributed by atoms with Gasteiger partial charge in [0.2, 0.25) is 23.4 Å². The molecule has 8 aromatic heterocycles. The molecule has 0 radical (unpaired) electrons. The third-order valence-corrected chi connectivity index (χ3v) is 23.3. The largest absolute Gasteiger partial charge is 0.474 e. The number of hydrogen-bond donors (Lipinski definition) is 1. The Balaban J connectivity index is 0.000000202. The van der Waals surface area contributed by atoms with E-state index < -0.39 is 73.2 Å². The first-order valence-electron chi connectivity index (χ1n) is 33.3. The van der Waals surface area contributed by atoms with Crippen LogP contribution in [0.4, 0.5) is 26.3 Å². The lowest BCUT2D eigenvalue weighted by Crippen LogP contribution is -2.65. The number of rotatable bonds is 26. The first-order valence-corrected chi connectivity index (χ1v) is 42.2. The van der Waals surface area contributed by atoms with Crippen molar-refractivity contribution in [2.45, 2.75) is 189 Å². The Kier molecular flexibility index (Phi) is 22.0. The fraction of sp³-hybridized carbons (Fsp3) is 0.569. The van der Waals surface area contributed by atoms with E-state index >= 15 is 0 Å². The summed E-state index contributed by atoms with van der Waals surface area (Å²) in [5.41, 5.74) is 9.04. The molecule has 0 spiro atoms. The van der Waals surface area contributed by atoms with E-state index in [9.17, 15) is 45.3 Å². The molecule has 10 heterocycles. The van der Waals surface area contributed by atoms with Gasteiger partial charge in [-0.05, 0) is 75.6 Å². The highest BCUT2D eigenvalue weighted by atomic mass is 32.2. The molecular weight excluding hydrogens is 1360 g/mol. The fourth-order valence-electron chi connectivity index (χ4n) is 13.2. The molecule has 4 aliphatic rings. The summed E-state index contributed by atoms with van der Waals surface area (Å²) in [4.78, 5) is 36.8. The molecule has 2 aliphatic carbocycles. The molecule has 2 saturated heterocycles. The number of aromatic nitrogens is 14. The second-order valence-corrected chi connectivity index (χ2v) is 41.6. The van der Waals surface area contributed by atoms with Gasteiger partial charge in [0, 0.05) is 133 Å². The summed E-state index contributed by atoms with van der Waals surface area (Å²) in [7, 11) is -5.56. The Labute approximate surface area is 577 Å². The number of likely N-dealkylation sites (tertiary alicyclic amines) is 2. The quantitative estimate of drug-likeness (QED) is 0.0228. The number of hydrogen-bond acceptors (Lipinski definition) is 22. The van der Waals surface area contributed by atoms with Gasteiger partial charge in [-0.1, -0.05) is 39.3 Å². The van der Waals surface area contributed by atoms with Crippen LogP contribution in [0, 0.1) is 22.7 Å². The first-order chi connectivity index (χ1) is 47.4. The molecule has 0 amide bonds. The van der Waals surface area contributed by atoms with Gasteiger partial charge in [-0.2, -0.15) is 65.4 Å². The average Bonchev–Trinajstić information content (AvgIpc) is 1.44. The first kappa shape index (κ1) is 73.3. The molecule has 0 atom stereocenters. The number of nitriles is 2. The number of nitrogens with zero attached hydrogens (tertiary/aromatic N) is 18. The highest BCUT2D eigenvalue weighted by molar-refractivity contribution is 7.85. The van der Waals surface area contributed by atoms with Gasteiger partial charge in [0.05, 0.1) is 67.3 Å². The Hall–Kier alpha value is -7.88. The van der Waals surface area contributed by atoms with Gasteiger partial charge in [0.15, 0.2) is 0 Å². The summed E-state index contributed by atoms with van der Waals surface area (Å²) in [5.74, 6) is -4.00. The SMILES string of the molecule is COS(=O)(=O)Cc1cc(O[C@H]2CC[C@@H](N3CC(CC#N)(n4cc(-c5ncnc6c5ccn6COCC[Si](C)(C)C)cn4)C3)CC2)nc(C(F)(F)F)n1.C[Si](C)(C)CCOCn1ccc2c(-c3cnn(C4(CC#N)CN([C@H]5CC[C@H](Oc6cc(CN)nc(C(F)(F)F)n6)CC5)C4)c3)ncnc21. The molecule has 0 aromatic carbocycles. The molecule has 100 heavy (non-hydrogen) atoms. The maximum absolute atomic E-state index is 13.5. The van der Waals surface area contributed by atoms with E-state index in [2.05, 4.69) is 105 Å². The number of ether oxygens (including phenoxy) is 4. The summed E-state index contributed by atoms with van der Waals surface area (Å²) in [6.45, 7) is 18.6. The Morgan fingerprint density at radius 3 is 1.40 bits per heavy atom. The van der Waals surface area contributed by atoms with Crippen molar-refractivity contribution < 1.29 is 57.9 Å². The van der Waals surface area contributed by atoms with Gasteiger partial charge in [-0.3, -0.25) is 23.3 Å². The molecule has 35 heteroatoms. The molecule has 2 saturated carbocycles. The van der Waals surface area contributed by atoms with Crippen LogP contribution >= 0.6 is 0 Å². The molecule has 0 unspecified atom stereocenters. The van der Waals surface area contributed by atoms with Crippen molar-refractivity contribution in [1.29, 1.82) is 10.5 Å². The van der Waals surface area contributed by atoms with Crippen LogP contribution in [0.25, 0.3) is 44.6 Å². The molecule has 536 valence electrons. The predicted molar refractivity (Wildman–Crippen MR) is 360 cm³/mol. The lowest BCUT2D eigenvalue weighted by Gasteiger charge is -2.53. The van der Waals surface area contributed by atoms with E-state index in [1.807, 2.05) is 55.4 Å². The van der Waals surface area contributed by atoms with E-state index in [0.717, 1.165) is 102 Å². The van der Waals surface area contributed by atoms with E-state index in [1.54, 1.807) is 18.7 Å². The van der Waals surface area contributed by atoms with Gasteiger partial charge in [0.1, 0.15) is 66.4 Å². The van der Waals surface area contributed by atoms with Crippen molar-refractivity contribution >= 4 is 48.3 Å². The van der Waals surface area contributed by atoms with Crippen LogP contribution in [0.1, 0.15) is 87.2 Å². The Morgan fingerprint density at radius 1 is 0.610 bits per heavy atom. The minimum absolute atomic E-state index is 0.0811. The topological polar surface area (TPSA) is 309 Å². The van der Waals surface area contributed by atoms with Crippen molar-refractivity contribution in [2.24, 2.45) is 5.73 Å². The van der Waals surface area contributed by atoms with Crippen LogP contribution in [0.2, 0.25) is 51.4 Å². The van der Waals surface area contributed by atoms with Crippen molar-refractivity contribution in [3.05, 3.63) is 97.1 Å². The summed E-state index contributed by atoms with van der Waals surface area (Å²) in [6.07, 6.45) is 10.4. The normalized spacial score (nSPS) is 19.9. The van der Waals surface area contributed by atoms with Gasteiger partial charge < -0.3 is 33.8 Å². The van der Waals surface area contributed by atoms with Crippen molar-refractivity contribution in [3.63, 3.8) is 0 Å². The molecule has 4 fully saturated rings. The van der Waals surface area contributed by atoms with E-state index in [1.165, 1.54) is 12.4 Å². The monoisotopic (exact) mass is 1440 g/mol. The van der Waals surface area contributed by atoms with Crippen molar-refractivity contribution in [2.75, 3.05) is 46.5 Å². The second kappa shape index (κ2) is 30.0. The van der Waals surface area contributed by atoms with Gasteiger partial charge in [-0.25, -0.2) is 29.9 Å². The van der Waals surface area contributed by atoms with Crippen LogP contribution in [-0.4, -0.2) is 174 Å². The van der Waals surface area contributed by atoms with Crippen LogP contribution in [0.5, 0.6) is 11.8 Å². The maximum atomic E-state index is 13.5. The summed E-state index contributed by atoms with van der Waals surface area (Å²) >= 11 is 0. The molecule has 12 rings (SSSR count). The molecule has 0 bridgehead atoms. The molecule has 8 aromatic rings. The third kappa shape index (κ3) is 17.5. The molecule has 2 aliphatic heterocycles. The Bertz CT molecular complexity index is 4340. The molecule has 2 N–H and O–H groups in total. The minimum atomic E-state index is -4.89. The summed E-state index contributed by atoms with van der Waals surface area (Å²) in [6, 6.07) is 13.8. The van der Waals surface area contributed by atoms with E-state index in [0.29, 0.717) is 78.4 Å². The number of halogens is 6. The fourth-order valence-corrected chi connectivity index (χ4v) is 15.4. The predicted octanol–water partition coefficient (Wildman–Crippen LogP) is 10.4. The number of nitrogens with two attached hydrogens (primary N) is 1. The Morgan fingerprint density at radius 2 is 1.02 bits per heavy atom. The van der Waals surface area contributed by atoms with Crippen LogP contribution in [0.15, 0.2) is 74.1 Å². The number of alkyl halides is 6. The zero-order valence-electron chi connectivity index (χ0n) is 57.0. The minimum Gasteiger partial charge on any atom is -0.474 e. The van der Waals surface area contributed by atoms with Crippen LogP contribution in [0.3, 0.4) is 0 Å². The van der Waals surface area contributed by atoms with Crippen molar-refractivity contribution in [1.82, 2.24) is 78.4 Å². The smallest absolute Gasteiger partial charge is 0.451 e. The van der Waals surface area contributed by atoms with E-state index in [-0.39, 0.29) is 54.3 Å². The number of fused-ring (bicyclic) bond motifs is 2. The maximum Gasteiger partial charge on any atom is 0.451 e. The summed E-state index contributed by atoms with van der Waals surface area (Å²) < 4.78 is 140. The average molecular weight is 1440 g/mol. The van der Waals surface area contributed by atoms with Crippen LogP contribution in [-0.2, 0) is 73.0 Å². The highest BCUT2D eigenvalue weighted by Crippen LogP contribution is 2.42. The zero-order chi connectivity index (χ0) is 71.4.